The number of benzene rings is 2. The molecule has 2 amide bonds. The summed E-state index contributed by atoms with van der Waals surface area (Å²) < 4.78 is 87.0. The van der Waals surface area contributed by atoms with E-state index >= 15 is 0 Å². The van der Waals surface area contributed by atoms with Crippen LogP contribution in [0.3, 0.4) is 0 Å². The van der Waals surface area contributed by atoms with Crippen molar-refractivity contribution < 1.29 is 55.4 Å². The molecule has 2 aromatic rings. The fraction of sp³-hybridized carbons (Fsp3) is 0.312. The Bertz CT molecular complexity index is 1770. The minimum Gasteiger partial charge on any atom is -0.508 e. The van der Waals surface area contributed by atoms with Gasteiger partial charge in [-0.15, -0.1) is 0 Å². The third-order valence-electron chi connectivity index (χ3n) is 8.94. The average molecular weight is 632 g/mol. The molecular weight excluding hydrogens is 608 g/mol. The van der Waals surface area contributed by atoms with Crippen LogP contribution in [0.4, 0.5) is 32.0 Å². The topological polar surface area (TPSA) is 101 Å². The zero-order valence-corrected chi connectivity index (χ0v) is 23.5. The molecule has 7 nitrogen and oxygen atoms in total. The fourth-order valence-electron chi connectivity index (χ4n) is 6.95. The van der Waals surface area contributed by atoms with Crippen molar-refractivity contribution in [3.63, 3.8) is 0 Å². The number of imide groups is 1. The van der Waals surface area contributed by atoms with Crippen LogP contribution in [-0.4, -0.2) is 35.6 Å². The zero-order chi connectivity index (χ0) is 32.7. The van der Waals surface area contributed by atoms with Gasteiger partial charge in [-0.1, -0.05) is 11.6 Å². The van der Waals surface area contributed by atoms with Crippen molar-refractivity contribution in [2.75, 3.05) is 12.0 Å². The molecule has 1 fully saturated rings. The summed E-state index contributed by atoms with van der Waals surface area (Å²) in [7, 11) is 1.38. The van der Waals surface area contributed by atoms with Crippen molar-refractivity contribution in [3.8, 4) is 11.5 Å². The quantitative estimate of drug-likeness (QED) is 0.191. The van der Waals surface area contributed by atoms with E-state index in [1.807, 2.05) is 0 Å². The van der Waals surface area contributed by atoms with E-state index in [-0.39, 0.29) is 46.9 Å². The number of nitrogens with zero attached hydrogens (tertiary/aromatic N) is 1. The summed E-state index contributed by atoms with van der Waals surface area (Å²) in [4.78, 5) is 54.7. The minimum atomic E-state index is -5.21. The SMILES string of the molecule is COc1ccc(O)c(C2C3=CCC4C(=O)N(c5cc(C(F)(F)F)cc(C(F)(F)F)c5)C(=O)C4C3CC3=C2C(=O)C=C(C)C3=O)c1. The number of ether oxygens (including phenoxy) is 1. The number of alkyl halides is 6. The van der Waals surface area contributed by atoms with E-state index in [9.17, 15) is 50.6 Å². The predicted molar refractivity (Wildman–Crippen MR) is 145 cm³/mol. The van der Waals surface area contributed by atoms with Gasteiger partial charge >= 0.3 is 12.4 Å². The first-order valence-electron chi connectivity index (χ1n) is 13.8. The maximum absolute atomic E-state index is 14.0. The molecule has 2 aromatic carbocycles. The van der Waals surface area contributed by atoms with Gasteiger partial charge in [0, 0.05) is 28.2 Å². The Balaban J connectivity index is 1.49. The van der Waals surface area contributed by atoms with Crippen LogP contribution in [0.15, 0.2) is 70.8 Å². The highest BCUT2D eigenvalue weighted by atomic mass is 19.4. The predicted octanol–water partition coefficient (Wildman–Crippen LogP) is 6.07. The molecule has 3 aliphatic carbocycles. The number of halogens is 6. The summed E-state index contributed by atoms with van der Waals surface area (Å²) in [5, 5.41) is 10.9. The van der Waals surface area contributed by atoms with Gasteiger partial charge in [-0.05, 0) is 68.2 Å². The van der Waals surface area contributed by atoms with Gasteiger partial charge in [-0.2, -0.15) is 26.3 Å². The van der Waals surface area contributed by atoms with Gasteiger partial charge in [0.25, 0.3) is 0 Å². The van der Waals surface area contributed by atoms with Gasteiger partial charge in [-0.3, -0.25) is 19.2 Å². The first-order valence-corrected chi connectivity index (χ1v) is 13.8. The smallest absolute Gasteiger partial charge is 0.416 e. The van der Waals surface area contributed by atoms with Crippen LogP contribution in [0.2, 0.25) is 0 Å². The molecule has 0 spiro atoms. The third kappa shape index (κ3) is 4.75. The van der Waals surface area contributed by atoms with Crippen molar-refractivity contribution in [1.82, 2.24) is 0 Å². The standard InChI is InChI=1S/C32H23F6NO6/c1-13-7-24(41)27-22(28(13)42)12-20-18(25(27)21-11-17(45-2)3-6-23(21)40)4-5-19-26(20)30(44)39(29(19)43)16-9-14(31(33,34)35)8-15(10-16)32(36,37)38/h3-4,6-11,19-20,25-26,40H,5,12H2,1-2H3. The number of allylic oxidation sites excluding steroid dienone is 6. The van der Waals surface area contributed by atoms with E-state index in [1.165, 1.54) is 38.3 Å². The molecule has 0 bridgehead atoms. The molecule has 1 aliphatic heterocycles. The lowest BCUT2D eigenvalue weighted by Crippen LogP contribution is -2.39. The van der Waals surface area contributed by atoms with E-state index in [2.05, 4.69) is 0 Å². The summed E-state index contributed by atoms with van der Waals surface area (Å²) in [6.07, 6.45) is -7.94. The Morgan fingerprint density at radius 1 is 0.889 bits per heavy atom. The molecule has 1 heterocycles. The molecule has 0 radical (unpaired) electrons. The maximum atomic E-state index is 14.0. The molecule has 4 atom stereocenters. The zero-order valence-electron chi connectivity index (χ0n) is 23.5. The number of rotatable bonds is 3. The molecule has 6 rings (SSSR count). The number of phenolic OH excluding ortho intramolecular Hbond substituents is 1. The Morgan fingerprint density at radius 2 is 1.53 bits per heavy atom. The Morgan fingerprint density at radius 3 is 2.13 bits per heavy atom. The highest BCUT2D eigenvalue weighted by Crippen LogP contribution is 2.57. The number of fused-ring (bicyclic) bond motifs is 3. The summed E-state index contributed by atoms with van der Waals surface area (Å²) in [6, 6.07) is 4.83. The van der Waals surface area contributed by atoms with Gasteiger partial charge in [0.2, 0.25) is 11.8 Å². The Hall–Kier alpha value is -4.68. The highest BCUT2D eigenvalue weighted by Gasteiger charge is 2.57. The lowest BCUT2D eigenvalue weighted by atomic mass is 9.59. The second kappa shape index (κ2) is 10.2. The number of carbonyl (C=O) groups is 4. The number of anilines is 1. The second-order valence-corrected chi connectivity index (χ2v) is 11.4. The number of ketones is 2. The monoisotopic (exact) mass is 631 g/mol. The lowest BCUT2D eigenvalue weighted by Gasteiger charge is -2.42. The molecule has 0 saturated carbocycles. The molecule has 1 saturated heterocycles. The minimum absolute atomic E-state index is 0.0622. The van der Waals surface area contributed by atoms with Crippen molar-refractivity contribution in [2.24, 2.45) is 17.8 Å². The number of methoxy groups -OCH3 is 1. The van der Waals surface area contributed by atoms with E-state index < -0.39 is 76.2 Å². The number of Topliss-reactive ketones (excluding diaryl/α,β-unsaturated/α-hetero) is 1. The summed E-state index contributed by atoms with van der Waals surface area (Å²) >= 11 is 0. The number of phenols is 1. The van der Waals surface area contributed by atoms with Gasteiger partial charge < -0.3 is 9.84 Å². The Kier molecular flexibility index (Phi) is 6.86. The average Bonchev–Trinajstić information content (AvgIpc) is 3.23. The largest absolute Gasteiger partial charge is 0.508 e. The summed E-state index contributed by atoms with van der Waals surface area (Å²) in [5.41, 5.74) is -3.35. The first-order chi connectivity index (χ1) is 21.0. The van der Waals surface area contributed by atoms with Crippen molar-refractivity contribution in [3.05, 3.63) is 87.5 Å². The van der Waals surface area contributed by atoms with E-state index in [4.69, 9.17) is 4.74 Å². The van der Waals surface area contributed by atoms with Crippen LogP contribution >= 0.6 is 0 Å². The molecule has 4 aliphatic rings. The third-order valence-corrected chi connectivity index (χ3v) is 8.94. The van der Waals surface area contributed by atoms with Crippen LogP contribution in [0.25, 0.3) is 0 Å². The fourth-order valence-corrected chi connectivity index (χ4v) is 6.95. The van der Waals surface area contributed by atoms with Crippen LogP contribution in [-0.2, 0) is 31.5 Å². The molecule has 1 N–H and O–H groups in total. The first kappa shape index (κ1) is 30.4. The number of amides is 2. The van der Waals surface area contributed by atoms with Crippen LogP contribution in [0, 0.1) is 17.8 Å². The highest BCUT2D eigenvalue weighted by molar-refractivity contribution is 6.25. The van der Waals surface area contributed by atoms with E-state index in [0.29, 0.717) is 28.4 Å². The normalized spacial score (nSPS) is 25.1. The van der Waals surface area contributed by atoms with E-state index in [1.54, 1.807) is 6.08 Å². The van der Waals surface area contributed by atoms with Gasteiger partial charge in [-0.25, -0.2) is 4.90 Å². The number of carbonyl (C=O) groups excluding carboxylic acids is 4. The van der Waals surface area contributed by atoms with E-state index in [0.717, 1.165) is 0 Å². The summed E-state index contributed by atoms with van der Waals surface area (Å²) in [6.45, 7) is 1.44. The number of hydrogen-bond acceptors (Lipinski definition) is 6. The van der Waals surface area contributed by atoms with Crippen molar-refractivity contribution in [2.45, 2.75) is 38.0 Å². The number of aromatic hydroxyl groups is 1. The molecule has 0 aromatic heterocycles. The Labute approximate surface area is 251 Å². The van der Waals surface area contributed by atoms with Crippen LogP contribution in [0.1, 0.15) is 42.4 Å². The maximum Gasteiger partial charge on any atom is 0.416 e. The van der Waals surface area contributed by atoms with Gasteiger partial charge in [0.05, 0.1) is 35.8 Å². The van der Waals surface area contributed by atoms with Crippen molar-refractivity contribution in [1.29, 1.82) is 0 Å². The lowest BCUT2D eigenvalue weighted by molar-refractivity contribution is -0.143. The number of hydrogen-bond donors (Lipinski definition) is 1. The van der Waals surface area contributed by atoms with Crippen LogP contribution in [0.5, 0.6) is 11.5 Å². The molecule has 4 unspecified atom stereocenters. The molecular formula is C32H23F6NO6. The van der Waals surface area contributed by atoms with Gasteiger partial charge in [0.1, 0.15) is 11.5 Å². The summed E-state index contributed by atoms with van der Waals surface area (Å²) in [5.74, 6) is -7.30. The van der Waals surface area contributed by atoms with Crippen LogP contribution < -0.4 is 9.64 Å². The van der Waals surface area contributed by atoms with Gasteiger partial charge in [0.15, 0.2) is 11.6 Å². The molecule has 45 heavy (non-hydrogen) atoms. The van der Waals surface area contributed by atoms with Crippen molar-refractivity contribution >= 4 is 29.1 Å². The molecule has 13 heteroatoms. The second-order valence-electron chi connectivity index (χ2n) is 11.4. The molecule has 234 valence electrons.